The van der Waals surface area contributed by atoms with Gasteiger partial charge < -0.3 is 15.2 Å². The highest BCUT2D eigenvalue weighted by Crippen LogP contribution is 2.28. The molecule has 0 bridgehead atoms. The first kappa shape index (κ1) is 17.3. The lowest BCUT2D eigenvalue weighted by atomic mass is 10.1. The minimum atomic E-state index is -0.112. The molecule has 0 saturated heterocycles. The van der Waals surface area contributed by atoms with E-state index >= 15 is 0 Å². The van der Waals surface area contributed by atoms with E-state index in [0.717, 1.165) is 23.7 Å². The van der Waals surface area contributed by atoms with Crippen LogP contribution < -0.4 is 10.6 Å². The smallest absolute Gasteiger partial charge is 0.253 e. The van der Waals surface area contributed by atoms with E-state index in [1.807, 2.05) is 48.7 Å². The van der Waals surface area contributed by atoms with Crippen molar-refractivity contribution in [1.82, 2.24) is 15.2 Å². The van der Waals surface area contributed by atoms with Gasteiger partial charge in [0.15, 0.2) is 0 Å². The molecule has 5 nitrogen and oxygen atoms in total. The number of hydrogen-bond donors (Lipinski definition) is 2. The lowest BCUT2D eigenvalue weighted by Crippen LogP contribution is -2.35. The van der Waals surface area contributed by atoms with Gasteiger partial charge >= 0.3 is 0 Å². The second kappa shape index (κ2) is 7.66. The first-order chi connectivity index (χ1) is 13.2. The van der Waals surface area contributed by atoms with Crippen molar-refractivity contribution in [3.8, 4) is 0 Å². The van der Waals surface area contributed by atoms with Crippen LogP contribution in [0.3, 0.4) is 0 Å². The summed E-state index contributed by atoms with van der Waals surface area (Å²) in [7, 11) is 0. The van der Waals surface area contributed by atoms with Gasteiger partial charge in [0.2, 0.25) is 5.91 Å². The molecule has 0 spiro atoms. The van der Waals surface area contributed by atoms with Crippen LogP contribution in [-0.4, -0.2) is 29.5 Å². The minimum Gasteiger partial charge on any atom is -0.354 e. The van der Waals surface area contributed by atoms with Crippen LogP contribution in [-0.2, 0) is 11.3 Å². The van der Waals surface area contributed by atoms with Crippen molar-refractivity contribution in [2.75, 3.05) is 13.1 Å². The molecular weight excluding hydrogens is 338 g/mol. The van der Waals surface area contributed by atoms with E-state index in [9.17, 15) is 9.59 Å². The molecule has 0 aliphatic heterocycles. The summed E-state index contributed by atoms with van der Waals surface area (Å²) in [5, 5.41) is 6.72. The van der Waals surface area contributed by atoms with Gasteiger partial charge in [-0.2, -0.15) is 0 Å². The fraction of sp³-hybridized carbons (Fsp3) is 0.273. The zero-order chi connectivity index (χ0) is 18.6. The number of nitrogens with one attached hydrogen (secondary N) is 2. The van der Waals surface area contributed by atoms with Crippen molar-refractivity contribution in [3.63, 3.8) is 0 Å². The molecule has 1 heterocycles. The summed E-state index contributed by atoms with van der Waals surface area (Å²) in [6, 6.07) is 18.1. The highest BCUT2D eigenvalue weighted by Gasteiger charge is 2.29. The maximum absolute atomic E-state index is 12.7. The molecule has 1 fully saturated rings. The topological polar surface area (TPSA) is 63.1 Å². The van der Waals surface area contributed by atoms with Crippen molar-refractivity contribution in [1.29, 1.82) is 0 Å². The molecule has 5 heteroatoms. The predicted molar refractivity (Wildman–Crippen MR) is 106 cm³/mol. The van der Waals surface area contributed by atoms with Crippen LogP contribution in [0.4, 0.5) is 0 Å². The van der Waals surface area contributed by atoms with E-state index in [4.69, 9.17) is 0 Å². The number of fused-ring (bicyclic) bond motifs is 1. The molecule has 2 N–H and O–H groups in total. The van der Waals surface area contributed by atoms with Gasteiger partial charge in [-0.25, -0.2) is 0 Å². The van der Waals surface area contributed by atoms with Crippen molar-refractivity contribution < 1.29 is 9.59 Å². The van der Waals surface area contributed by atoms with Crippen LogP contribution in [0, 0.1) is 5.92 Å². The average Bonchev–Trinajstić information content (AvgIpc) is 3.49. The Morgan fingerprint density at radius 1 is 0.926 bits per heavy atom. The molecule has 2 aromatic carbocycles. The number of hydrogen-bond acceptors (Lipinski definition) is 2. The van der Waals surface area contributed by atoms with Crippen molar-refractivity contribution in [3.05, 3.63) is 71.9 Å². The summed E-state index contributed by atoms with van der Waals surface area (Å²) in [4.78, 5) is 24.3. The molecule has 4 rings (SSSR count). The van der Waals surface area contributed by atoms with Gasteiger partial charge in [-0.1, -0.05) is 48.5 Å². The van der Waals surface area contributed by atoms with E-state index in [1.165, 1.54) is 5.56 Å². The van der Waals surface area contributed by atoms with Crippen LogP contribution in [0.5, 0.6) is 0 Å². The monoisotopic (exact) mass is 361 g/mol. The van der Waals surface area contributed by atoms with Gasteiger partial charge in [0.1, 0.15) is 0 Å². The number of benzene rings is 2. The molecule has 1 saturated carbocycles. The SMILES string of the molecule is O=C(NCCNC(=O)C1CC1)c1cn(Cc2ccccc2)c2ccccc12. The number of nitrogens with zero attached hydrogens (tertiary/aromatic N) is 1. The molecule has 0 atom stereocenters. The van der Waals surface area contributed by atoms with Gasteiger partial charge in [0.25, 0.3) is 5.91 Å². The molecule has 27 heavy (non-hydrogen) atoms. The fourth-order valence-corrected chi connectivity index (χ4v) is 3.29. The normalized spacial score (nSPS) is 13.5. The van der Waals surface area contributed by atoms with Gasteiger partial charge in [0.05, 0.1) is 5.56 Å². The zero-order valence-corrected chi connectivity index (χ0v) is 15.2. The second-order valence-corrected chi connectivity index (χ2v) is 6.99. The number of carbonyl (C=O) groups is 2. The van der Waals surface area contributed by atoms with E-state index in [1.54, 1.807) is 0 Å². The maximum atomic E-state index is 12.7. The highest BCUT2D eigenvalue weighted by atomic mass is 16.2. The Hall–Kier alpha value is -3.08. The summed E-state index contributed by atoms with van der Waals surface area (Å²) in [5.74, 6) is 0.180. The van der Waals surface area contributed by atoms with Crippen molar-refractivity contribution in [2.45, 2.75) is 19.4 Å². The molecule has 1 aromatic heterocycles. The van der Waals surface area contributed by atoms with Gasteiger partial charge in [-0.05, 0) is 24.5 Å². The Bertz CT molecular complexity index is 958. The lowest BCUT2D eigenvalue weighted by Gasteiger charge is -2.06. The van der Waals surface area contributed by atoms with E-state index < -0.39 is 0 Å². The summed E-state index contributed by atoms with van der Waals surface area (Å²) in [6.45, 7) is 1.60. The second-order valence-electron chi connectivity index (χ2n) is 6.99. The van der Waals surface area contributed by atoms with Crippen LogP contribution in [0.1, 0.15) is 28.8 Å². The Morgan fingerprint density at radius 3 is 2.41 bits per heavy atom. The molecule has 0 radical (unpaired) electrons. The van der Waals surface area contributed by atoms with Crippen LogP contribution >= 0.6 is 0 Å². The van der Waals surface area contributed by atoms with Gasteiger partial charge in [-0.15, -0.1) is 0 Å². The van der Waals surface area contributed by atoms with E-state index in [-0.39, 0.29) is 17.7 Å². The molecule has 0 unspecified atom stereocenters. The minimum absolute atomic E-state index is 0.101. The first-order valence-corrected chi connectivity index (χ1v) is 9.40. The molecule has 2 amide bonds. The van der Waals surface area contributed by atoms with Crippen molar-refractivity contribution >= 4 is 22.7 Å². The van der Waals surface area contributed by atoms with Crippen LogP contribution in [0.2, 0.25) is 0 Å². The maximum Gasteiger partial charge on any atom is 0.253 e. The first-order valence-electron chi connectivity index (χ1n) is 9.40. The molecule has 3 aromatic rings. The fourth-order valence-electron chi connectivity index (χ4n) is 3.29. The molecule has 138 valence electrons. The Kier molecular flexibility index (Phi) is 4.92. The Morgan fingerprint density at radius 2 is 1.63 bits per heavy atom. The standard InChI is InChI=1S/C22H23N3O2/c26-21(17-10-11-17)23-12-13-24-22(27)19-15-25(14-16-6-2-1-3-7-16)20-9-5-4-8-18(19)20/h1-9,15,17H,10-14H2,(H,23,26)(H,24,27). The molecule has 1 aliphatic rings. The molecular formula is C22H23N3O2. The predicted octanol–water partition coefficient (Wildman–Crippen LogP) is 2.95. The summed E-state index contributed by atoms with van der Waals surface area (Å²) in [5.41, 5.74) is 2.89. The average molecular weight is 361 g/mol. The third-order valence-corrected chi connectivity index (χ3v) is 4.89. The number of rotatable bonds is 7. The summed E-state index contributed by atoms with van der Waals surface area (Å²) >= 11 is 0. The van der Waals surface area contributed by atoms with Crippen LogP contribution in [0.25, 0.3) is 10.9 Å². The van der Waals surface area contributed by atoms with E-state index in [2.05, 4.69) is 27.3 Å². The summed E-state index contributed by atoms with van der Waals surface area (Å²) in [6.07, 6.45) is 3.88. The highest BCUT2D eigenvalue weighted by molar-refractivity contribution is 6.07. The number of amides is 2. The lowest BCUT2D eigenvalue weighted by molar-refractivity contribution is -0.122. The van der Waals surface area contributed by atoms with Crippen LogP contribution in [0.15, 0.2) is 60.8 Å². The Balaban J connectivity index is 1.46. The zero-order valence-electron chi connectivity index (χ0n) is 15.2. The Labute approximate surface area is 158 Å². The largest absolute Gasteiger partial charge is 0.354 e. The van der Waals surface area contributed by atoms with Gasteiger partial charge in [0, 0.05) is 42.7 Å². The summed E-state index contributed by atoms with van der Waals surface area (Å²) < 4.78 is 2.11. The number of aromatic nitrogens is 1. The van der Waals surface area contributed by atoms with Gasteiger partial charge in [-0.3, -0.25) is 9.59 Å². The number of para-hydroxylation sites is 1. The van der Waals surface area contributed by atoms with Crippen molar-refractivity contribution in [2.24, 2.45) is 5.92 Å². The molecule has 1 aliphatic carbocycles. The quantitative estimate of drug-likeness (QED) is 0.636. The number of carbonyl (C=O) groups excluding carboxylic acids is 2. The third-order valence-electron chi connectivity index (χ3n) is 4.89. The third kappa shape index (κ3) is 4.03. The van der Waals surface area contributed by atoms with E-state index in [0.29, 0.717) is 25.2 Å².